The van der Waals surface area contributed by atoms with E-state index in [9.17, 15) is 8.42 Å². The van der Waals surface area contributed by atoms with Crippen molar-refractivity contribution in [1.29, 1.82) is 0 Å². The number of hydrogen-bond acceptors (Lipinski definition) is 4. The summed E-state index contributed by atoms with van der Waals surface area (Å²) in [6, 6.07) is 3.63. The molecule has 0 aliphatic rings. The molecule has 0 bridgehead atoms. The van der Waals surface area contributed by atoms with Crippen LogP contribution in [0, 0.1) is 0 Å². The molecule has 6 nitrogen and oxygen atoms in total. The fourth-order valence-corrected chi connectivity index (χ4v) is 3.55. The highest BCUT2D eigenvalue weighted by molar-refractivity contribution is 7.91. The molecule has 21 heavy (non-hydrogen) atoms. The SMILES string of the molecule is CCNC(=NCCNS(=O)(=O)c1cccs1)NC(C)CC. The van der Waals surface area contributed by atoms with E-state index in [4.69, 9.17) is 0 Å². The summed E-state index contributed by atoms with van der Waals surface area (Å²) in [5.74, 6) is 0.710. The largest absolute Gasteiger partial charge is 0.357 e. The van der Waals surface area contributed by atoms with Gasteiger partial charge in [0.15, 0.2) is 5.96 Å². The lowest BCUT2D eigenvalue weighted by Gasteiger charge is -2.16. The summed E-state index contributed by atoms with van der Waals surface area (Å²) >= 11 is 1.20. The molecule has 1 aromatic heterocycles. The molecule has 1 heterocycles. The molecule has 0 spiro atoms. The van der Waals surface area contributed by atoms with Gasteiger partial charge in [-0.05, 0) is 31.7 Å². The molecule has 0 radical (unpaired) electrons. The Kier molecular flexibility index (Phi) is 7.69. The van der Waals surface area contributed by atoms with Crippen LogP contribution in [0.25, 0.3) is 0 Å². The molecule has 1 atom stereocenters. The number of hydrogen-bond donors (Lipinski definition) is 3. The minimum absolute atomic E-state index is 0.275. The van der Waals surface area contributed by atoms with Crippen LogP contribution in [-0.2, 0) is 10.0 Å². The fraction of sp³-hybridized carbons (Fsp3) is 0.615. The number of guanidine groups is 1. The zero-order chi connectivity index (χ0) is 15.7. The normalized spacial score (nSPS) is 14.0. The van der Waals surface area contributed by atoms with Gasteiger partial charge >= 0.3 is 0 Å². The average molecular weight is 332 g/mol. The molecule has 120 valence electrons. The Hall–Kier alpha value is -1.12. The molecular formula is C13H24N4O2S2. The number of rotatable bonds is 8. The third-order valence-corrected chi connectivity index (χ3v) is 5.63. The predicted molar refractivity (Wildman–Crippen MR) is 88.4 cm³/mol. The van der Waals surface area contributed by atoms with Crippen LogP contribution in [0.2, 0.25) is 0 Å². The first-order chi connectivity index (χ1) is 9.99. The molecule has 1 aromatic rings. The summed E-state index contributed by atoms with van der Waals surface area (Å²) in [5.41, 5.74) is 0. The number of sulfonamides is 1. The van der Waals surface area contributed by atoms with Crippen LogP contribution in [0.5, 0.6) is 0 Å². The monoisotopic (exact) mass is 332 g/mol. The van der Waals surface area contributed by atoms with Crippen LogP contribution in [0.1, 0.15) is 27.2 Å². The van der Waals surface area contributed by atoms with Gasteiger partial charge < -0.3 is 10.6 Å². The van der Waals surface area contributed by atoms with Crippen molar-refractivity contribution in [2.24, 2.45) is 4.99 Å². The topological polar surface area (TPSA) is 82.6 Å². The molecule has 1 rings (SSSR count). The highest BCUT2D eigenvalue weighted by Gasteiger charge is 2.13. The van der Waals surface area contributed by atoms with E-state index in [0.29, 0.717) is 22.8 Å². The second-order valence-corrected chi connectivity index (χ2v) is 7.49. The Morgan fingerprint density at radius 1 is 1.43 bits per heavy atom. The van der Waals surface area contributed by atoms with E-state index in [1.807, 2.05) is 6.92 Å². The second-order valence-electron chi connectivity index (χ2n) is 4.54. The second kappa shape index (κ2) is 9.01. The number of thiophene rings is 1. The minimum atomic E-state index is -3.40. The zero-order valence-electron chi connectivity index (χ0n) is 12.7. The van der Waals surface area contributed by atoms with Crippen molar-refractivity contribution in [3.63, 3.8) is 0 Å². The highest BCUT2D eigenvalue weighted by Crippen LogP contribution is 2.14. The van der Waals surface area contributed by atoms with Gasteiger partial charge in [0.25, 0.3) is 0 Å². The van der Waals surface area contributed by atoms with E-state index >= 15 is 0 Å². The van der Waals surface area contributed by atoms with Gasteiger partial charge in [-0.1, -0.05) is 13.0 Å². The van der Waals surface area contributed by atoms with Gasteiger partial charge in [0.05, 0.1) is 6.54 Å². The van der Waals surface area contributed by atoms with E-state index in [2.05, 4.69) is 34.2 Å². The number of nitrogens with one attached hydrogen (secondary N) is 3. The summed E-state index contributed by atoms with van der Waals surface area (Å²) in [6.07, 6.45) is 0.995. The van der Waals surface area contributed by atoms with Gasteiger partial charge in [-0.25, -0.2) is 13.1 Å². The molecular weight excluding hydrogens is 308 g/mol. The van der Waals surface area contributed by atoms with E-state index < -0.39 is 10.0 Å². The number of aliphatic imine (C=N–C) groups is 1. The van der Waals surface area contributed by atoms with Crippen LogP contribution >= 0.6 is 11.3 Å². The Balaban J connectivity index is 2.47. The lowest BCUT2D eigenvalue weighted by molar-refractivity contribution is 0.583. The van der Waals surface area contributed by atoms with Crippen molar-refractivity contribution in [1.82, 2.24) is 15.4 Å². The maximum atomic E-state index is 11.9. The molecule has 0 saturated heterocycles. The van der Waals surface area contributed by atoms with Crippen molar-refractivity contribution in [2.45, 2.75) is 37.4 Å². The van der Waals surface area contributed by atoms with Crippen LogP contribution in [0.3, 0.4) is 0 Å². The smallest absolute Gasteiger partial charge is 0.250 e. The third-order valence-electron chi connectivity index (χ3n) is 2.77. The lowest BCUT2D eigenvalue weighted by atomic mass is 10.3. The average Bonchev–Trinajstić information content (AvgIpc) is 2.98. The van der Waals surface area contributed by atoms with Crippen LogP contribution in [0.15, 0.2) is 26.7 Å². The summed E-state index contributed by atoms with van der Waals surface area (Å²) in [7, 11) is -3.40. The summed E-state index contributed by atoms with van der Waals surface area (Å²) in [5, 5.41) is 8.14. The first kappa shape index (κ1) is 17.9. The Morgan fingerprint density at radius 3 is 2.76 bits per heavy atom. The molecule has 0 aliphatic carbocycles. The Labute approximate surface area is 131 Å². The van der Waals surface area contributed by atoms with Crippen molar-refractivity contribution in [3.05, 3.63) is 17.5 Å². The quantitative estimate of drug-likeness (QED) is 0.381. The van der Waals surface area contributed by atoms with Gasteiger partial charge in [0.1, 0.15) is 4.21 Å². The molecule has 0 amide bonds. The molecule has 0 aromatic carbocycles. The number of nitrogens with zero attached hydrogens (tertiary/aromatic N) is 1. The van der Waals surface area contributed by atoms with Gasteiger partial charge in [-0.15, -0.1) is 11.3 Å². The van der Waals surface area contributed by atoms with Crippen molar-refractivity contribution in [2.75, 3.05) is 19.6 Å². The predicted octanol–water partition coefficient (Wildman–Crippen LogP) is 1.38. The van der Waals surface area contributed by atoms with Gasteiger partial charge in [0.2, 0.25) is 10.0 Å². The molecule has 3 N–H and O–H groups in total. The fourth-order valence-electron chi connectivity index (χ4n) is 1.49. The van der Waals surface area contributed by atoms with Gasteiger partial charge in [-0.2, -0.15) is 0 Å². The van der Waals surface area contributed by atoms with E-state index in [0.717, 1.165) is 13.0 Å². The molecule has 1 unspecified atom stereocenters. The van der Waals surface area contributed by atoms with E-state index in [1.54, 1.807) is 17.5 Å². The van der Waals surface area contributed by atoms with Crippen molar-refractivity contribution >= 4 is 27.3 Å². The van der Waals surface area contributed by atoms with Crippen molar-refractivity contribution < 1.29 is 8.42 Å². The minimum Gasteiger partial charge on any atom is -0.357 e. The van der Waals surface area contributed by atoms with E-state index in [-0.39, 0.29) is 6.54 Å². The molecule has 8 heteroatoms. The van der Waals surface area contributed by atoms with Gasteiger partial charge in [0, 0.05) is 19.1 Å². The van der Waals surface area contributed by atoms with Gasteiger partial charge in [-0.3, -0.25) is 4.99 Å². The summed E-state index contributed by atoms with van der Waals surface area (Å²) in [6.45, 7) is 7.59. The molecule has 0 aliphatic heterocycles. The zero-order valence-corrected chi connectivity index (χ0v) is 14.4. The summed E-state index contributed by atoms with van der Waals surface area (Å²) in [4.78, 5) is 4.36. The Bertz CT molecular complexity index is 526. The maximum absolute atomic E-state index is 11.9. The van der Waals surface area contributed by atoms with E-state index in [1.165, 1.54) is 11.3 Å². The van der Waals surface area contributed by atoms with Crippen LogP contribution in [-0.4, -0.2) is 40.1 Å². The third kappa shape index (κ3) is 6.45. The van der Waals surface area contributed by atoms with Crippen LogP contribution in [0.4, 0.5) is 0 Å². The van der Waals surface area contributed by atoms with Crippen molar-refractivity contribution in [3.8, 4) is 0 Å². The lowest BCUT2D eigenvalue weighted by Crippen LogP contribution is -2.42. The maximum Gasteiger partial charge on any atom is 0.250 e. The molecule has 0 saturated carbocycles. The highest BCUT2D eigenvalue weighted by atomic mass is 32.2. The summed E-state index contributed by atoms with van der Waals surface area (Å²) < 4.78 is 26.7. The Morgan fingerprint density at radius 2 is 2.19 bits per heavy atom. The van der Waals surface area contributed by atoms with Crippen LogP contribution < -0.4 is 15.4 Å². The first-order valence-electron chi connectivity index (χ1n) is 7.07. The molecule has 0 fully saturated rings. The first-order valence-corrected chi connectivity index (χ1v) is 9.43. The standard InChI is InChI=1S/C13H24N4O2S2/c1-4-11(3)17-13(14-5-2)15-8-9-16-21(18,19)12-7-6-10-20-12/h6-7,10-11,16H,4-5,8-9H2,1-3H3,(H2,14,15,17).